The summed E-state index contributed by atoms with van der Waals surface area (Å²) in [4.78, 5) is 17.3. The Kier molecular flexibility index (Phi) is 5.42. The Morgan fingerprint density at radius 1 is 1.25 bits per heavy atom. The Balaban J connectivity index is 1.68. The van der Waals surface area contributed by atoms with E-state index in [-0.39, 0.29) is 22.0 Å². The van der Waals surface area contributed by atoms with Gasteiger partial charge in [0, 0.05) is 38.3 Å². The molecule has 1 aliphatic heterocycles. The van der Waals surface area contributed by atoms with Crippen LogP contribution in [0.5, 0.6) is 0 Å². The second-order valence-corrected chi connectivity index (χ2v) is 7.44. The quantitative estimate of drug-likeness (QED) is 0.904. The molecule has 1 saturated heterocycles. The maximum absolute atomic E-state index is 13.4. The van der Waals surface area contributed by atoms with Gasteiger partial charge in [0.25, 0.3) is 5.91 Å². The Morgan fingerprint density at radius 3 is 2.58 bits per heavy atom. The van der Waals surface area contributed by atoms with E-state index >= 15 is 0 Å². The molecule has 0 bridgehead atoms. The molecule has 0 atom stereocenters. The summed E-state index contributed by atoms with van der Waals surface area (Å²) in [5, 5.41) is 3.30. The third-order valence-corrected chi connectivity index (χ3v) is 5.79. The molecule has 1 saturated carbocycles. The third-order valence-electron chi connectivity index (χ3n) is 5.46. The van der Waals surface area contributed by atoms with Crippen molar-refractivity contribution in [3.63, 3.8) is 0 Å². The Hall–Kier alpha value is -1.17. The van der Waals surface area contributed by atoms with E-state index in [0.717, 1.165) is 39.0 Å². The molecular formula is C18H25ClFN3O. The van der Waals surface area contributed by atoms with Crippen LogP contribution < -0.4 is 5.32 Å². The molecule has 132 valence electrons. The highest BCUT2D eigenvalue weighted by Crippen LogP contribution is 2.35. The maximum Gasteiger partial charge on any atom is 0.252 e. The van der Waals surface area contributed by atoms with E-state index in [1.54, 1.807) is 0 Å². The van der Waals surface area contributed by atoms with Gasteiger partial charge < -0.3 is 10.2 Å². The minimum absolute atomic E-state index is 0.0384. The number of carbonyl (C=O) groups excluding carboxylic acids is 1. The van der Waals surface area contributed by atoms with Crippen LogP contribution in [-0.2, 0) is 0 Å². The maximum atomic E-state index is 13.4. The van der Waals surface area contributed by atoms with Gasteiger partial charge in [-0.3, -0.25) is 9.69 Å². The molecule has 1 heterocycles. The van der Waals surface area contributed by atoms with Crippen molar-refractivity contribution in [2.75, 3.05) is 39.8 Å². The Morgan fingerprint density at radius 2 is 1.92 bits per heavy atom. The molecule has 0 spiro atoms. The summed E-state index contributed by atoms with van der Waals surface area (Å²) in [6, 6.07) is 3.90. The summed E-state index contributed by atoms with van der Waals surface area (Å²) in [5.74, 6) is -0.737. The number of nitrogens with one attached hydrogen (secondary N) is 1. The van der Waals surface area contributed by atoms with E-state index in [4.69, 9.17) is 11.6 Å². The highest BCUT2D eigenvalue weighted by atomic mass is 35.5. The number of hydrogen-bond donors (Lipinski definition) is 1. The number of hydrogen-bond acceptors (Lipinski definition) is 3. The minimum Gasteiger partial charge on any atom is -0.350 e. The van der Waals surface area contributed by atoms with E-state index in [9.17, 15) is 9.18 Å². The highest BCUT2D eigenvalue weighted by molar-refractivity contribution is 6.33. The first-order chi connectivity index (χ1) is 11.5. The van der Waals surface area contributed by atoms with Gasteiger partial charge in [-0.15, -0.1) is 0 Å². The molecule has 1 aromatic carbocycles. The largest absolute Gasteiger partial charge is 0.350 e. The van der Waals surface area contributed by atoms with E-state index in [0.29, 0.717) is 6.54 Å². The molecule has 3 rings (SSSR count). The zero-order valence-electron chi connectivity index (χ0n) is 14.2. The van der Waals surface area contributed by atoms with Crippen LogP contribution >= 0.6 is 11.6 Å². The van der Waals surface area contributed by atoms with Crippen molar-refractivity contribution in [2.45, 2.75) is 31.2 Å². The molecule has 0 radical (unpaired) electrons. The van der Waals surface area contributed by atoms with Gasteiger partial charge in [-0.25, -0.2) is 4.39 Å². The van der Waals surface area contributed by atoms with Crippen molar-refractivity contribution >= 4 is 17.5 Å². The molecular weight excluding hydrogens is 329 g/mol. The second-order valence-electron chi connectivity index (χ2n) is 7.03. The number of amides is 1. The van der Waals surface area contributed by atoms with Gasteiger partial charge in [0.15, 0.2) is 0 Å². The zero-order chi connectivity index (χ0) is 17.2. The molecule has 24 heavy (non-hydrogen) atoms. The fraction of sp³-hybridized carbons (Fsp3) is 0.611. The monoisotopic (exact) mass is 353 g/mol. The van der Waals surface area contributed by atoms with Crippen molar-refractivity contribution in [2.24, 2.45) is 0 Å². The number of likely N-dealkylation sites (N-methyl/N-ethyl adjacent to an activating group) is 1. The third kappa shape index (κ3) is 3.73. The van der Waals surface area contributed by atoms with Gasteiger partial charge in [0.2, 0.25) is 0 Å². The van der Waals surface area contributed by atoms with Crippen LogP contribution in [0.1, 0.15) is 36.0 Å². The Labute approximate surface area is 147 Å². The fourth-order valence-electron chi connectivity index (χ4n) is 3.93. The van der Waals surface area contributed by atoms with E-state index < -0.39 is 5.82 Å². The number of nitrogens with zero attached hydrogens (tertiary/aromatic N) is 2. The van der Waals surface area contributed by atoms with Crippen molar-refractivity contribution in [1.29, 1.82) is 0 Å². The SMILES string of the molecule is CN1CCN(C2(CNC(=O)c3cc(F)ccc3Cl)CCCC2)CC1. The Bertz CT molecular complexity index is 596. The number of carbonyl (C=O) groups is 1. The first kappa shape index (κ1) is 17.6. The van der Waals surface area contributed by atoms with Crippen LogP contribution in [0.4, 0.5) is 4.39 Å². The lowest BCUT2D eigenvalue weighted by atomic mass is 9.93. The van der Waals surface area contributed by atoms with Gasteiger partial charge in [-0.05, 0) is 38.1 Å². The summed E-state index contributed by atoms with van der Waals surface area (Å²) >= 11 is 6.04. The van der Waals surface area contributed by atoms with Crippen LogP contribution in [0, 0.1) is 5.82 Å². The van der Waals surface area contributed by atoms with Gasteiger partial charge in [0.05, 0.1) is 10.6 Å². The summed E-state index contributed by atoms with van der Waals surface area (Å²) < 4.78 is 13.4. The molecule has 0 unspecified atom stereocenters. The van der Waals surface area contributed by atoms with Gasteiger partial charge in [0.1, 0.15) is 5.82 Å². The predicted molar refractivity (Wildman–Crippen MR) is 94.0 cm³/mol. The van der Waals surface area contributed by atoms with Crippen LogP contribution in [0.3, 0.4) is 0 Å². The molecule has 4 nitrogen and oxygen atoms in total. The van der Waals surface area contributed by atoms with Crippen molar-refractivity contribution in [3.8, 4) is 0 Å². The second kappa shape index (κ2) is 7.38. The molecule has 6 heteroatoms. The van der Waals surface area contributed by atoms with Crippen LogP contribution in [0.15, 0.2) is 18.2 Å². The van der Waals surface area contributed by atoms with Gasteiger partial charge in [-0.1, -0.05) is 24.4 Å². The number of piperazine rings is 1. The summed E-state index contributed by atoms with van der Waals surface area (Å²) in [6.45, 7) is 4.79. The van der Waals surface area contributed by atoms with E-state index in [2.05, 4.69) is 22.2 Å². The van der Waals surface area contributed by atoms with Crippen molar-refractivity contribution < 1.29 is 9.18 Å². The lowest BCUT2D eigenvalue weighted by molar-refractivity contribution is 0.0414. The first-order valence-corrected chi connectivity index (χ1v) is 9.05. The predicted octanol–water partition coefficient (Wildman–Crippen LogP) is 2.77. The first-order valence-electron chi connectivity index (χ1n) is 8.67. The fourth-order valence-corrected chi connectivity index (χ4v) is 4.13. The molecule has 1 amide bonds. The number of benzene rings is 1. The molecule has 0 aromatic heterocycles. The highest BCUT2D eigenvalue weighted by Gasteiger charge is 2.40. The molecule has 1 N–H and O–H groups in total. The van der Waals surface area contributed by atoms with E-state index in [1.807, 2.05) is 0 Å². The number of halogens is 2. The van der Waals surface area contributed by atoms with Crippen molar-refractivity contribution in [3.05, 3.63) is 34.6 Å². The summed E-state index contributed by atoms with van der Waals surface area (Å²) in [6.07, 6.45) is 4.60. The average Bonchev–Trinajstić information content (AvgIpc) is 3.05. The molecule has 1 aromatic rings. The van der Waals surface area contributed by atoms with Crippen molar-refractivity contribution in [1.82, 2.24) is 15.1 Å². The lowest BCUT2D eigenvalue weighted by Crippen LogP contribution is -2.59. The summed E-state index contributed by atoms with van der Waals surface area (Å²) in [5.41, 5.74) is 0.250. The molecule has 1 aliphatic carbocycles. The lowest BCUT2D eigenvalue weighted by Gasteiger charge is -2.45. The molecule has 2 aliphatic rings. The van der Waals surface area contributed by atoms with Gasteiger partial charge >= 0.3 is 0 Å². The van der Waals surface area contributed by atoms with Crippen LogP contribution in [0.25, 0.3) is 0 Å². The normalized spacial score (nSPS) is 21.8. The average molecular weight is 354 g/mol. The topological polar surface area (TPSA) is 35.6 Å². The van der Waals surface area contributed by atoms with Gasteiger partial charge in [-0.2, -0.15) is 0 Å². The number of rotatable bonds is 4. The summed E-state index contributed by atoms with van der Waals surface area (Å²) in [7, 11) is 2.15. The minimum atomic E-state index is -0.445. The molecule has 2 fully saturated rings. The smallest absolute Gasteiger partial charge is 0.252 e. The van der Waals surface area contributed by atoms with Crippen LogP contribution in [0.2, 0.25) is 5.02 Å². The van der Waals surface area contributed by atoms with E-state index in [1.165, 1.54) is 31.0 Å². The zero-order valence-corrected chi connectivity index (χ0v) is 14.9. The van der Waals surface area contributed by atoms with Crippen LogP contribution in [-0.4, -0.2) is 61.0 Å². The standard InChI is InChI=1S/C18H25ClFN3O/c1-22-8-10-23(11-9-22)18(6-2-3-7-18)13-21-17(24)15-12-14(20)4-5-16(15)19/h4-5,12H,2-3,6-11,13H2,1H3,(H,21,24).